The lowest BCUT2D eigenvalue weighted by molar-refractivity contribution is -0.123. The summed E-state index contributed by atoms with van der Waals surface area (Å²) in [5, 5.41) is 23.0. The van der Waals surface area contributed by atoms with E-state index in [-0.39, 0.29) is 12.5 Å². The van der Waals surface area contributed by atoms with Crippen LogP contribution in [0.5, 0.6) is 0 Å². The molecule has 51 heavy (non-hydrogen) atoms. The molecule has 4 heteroatoms. The predicted octanol–water partition coefficient (Wildman–Crippen LogP) is 14.2. The van der Waals surface area contributed by atoms with Crippen LogP contribution in [-0.4, -0.2) is 34.9 Å². The zero-order valence-corrected chi connectivity index (χ0v) is 34.4. The van der Waals surface area contributed by atoms with Crippen LogP contribution in [0.4, 0.5) is 0 Å². The van der Waals surface area contributed by atoms with Crippen molar-refractivity contribution < 1.29 is 15.0 Å². The Kier molecular flexibility index (Phi) is 41.8. The molecule has 2 atom stereocenters. The van der Waals surface area contributed by atoms with Gasteiger partial charge in [-0.3, -0.25) is 4.79 Å². The molecule has 0 aromatic heterocycles. The van der Waals surface area contributed by atoms with Crippen LogP contribution < -0.4 is 5.32 Å². The van der Waals surface area contributed by atoms with Crippen LogP contribution in [0.2, 0.25) is 0 Å². The first-order valence-corrected chi connectivity index (χ1v) is 22.7. The molecule has 4 nitrogen and oxygen atoms in total. The summed E-state index contributed by atoms with van der Waals surface area (Å²) < 4.78 is 0. The highest BCUT2D eigenvalue weighted by Gasteiger charge is 2.17. The maximum absolute atomic E-state index is 12.4. The van der Waals surface area contributed by atoms with E-state index in [2.05, 4.69) is 43.5 Å². The SMILES string of the molecule is CCCCCCCCCCCCCC/C=C/CC/C=C/CC/C=C/C(O)C(CO)NC(=O)CCCCCCCCCCCCCCCCCCC. The highest BCUT2D eigenvalue weighted by atomic mass is 16.3. The molecule has 0 heterocycles. The molecule has 0 aliphatic heterocycles. The average Bonchev–Trinajstić information content (AvgIpc) is 3.13. The Labute approximate surface area is 319 Å². The van der Waals surface area contributed by atoms with Crippen molar-refractivity contribution in [1.29, 1.82) is 0 Å². The van der Waals surface area contributed by atoms with Crippen molar-refractivity contribution in [2.45, 2.75) is 251 Å². The lowest BCUT2D eigenvalue weighted by atomic mass is 10.0. The second-order valence-corrected chi connectivity index (χ2v) is 15.5. The van der Waals surface area contributed by atoms with Crippen molar-refractivity contribution in [2.24, 2.45) is 0 Å². The summed E-state index contributed by atoms with van der Waals surface area (Å²) >= 11 is 0. The third-order valence-corrected chi connectivity index (χ3v) is 10.4. The Balaban J connectivity index is 3.62. The highest BCUT2D eigenvalue weighted by Crippen LogP contribution is 2.15. The number of hydrogen-bond acceptors (Lipinski definition) is 3. The molecule has 0 rings (SSSR count). The molecule has 3 N–H and O–H groups in total. The van der Waals surface area contributed by atoms with Gasteiger partial charge in [-0.05, 0) is 44.9 Å². The summed E-state index contributed by atoms with van der Waals surface area (Å²) in [6.45, 7) is 4.31. The van der Waals surface area contributed by atoms with Crippen molar-refractivity contribution in [3.05, 3.63) is 36.5 Å². The summed E-state index contributed by atoms with van der Waals surface area (Å²) in [6.07, 6.45) is 56.9. The van der Waals surface area contributed by atoms with Crippen molar-refractivity contribution in [3.8, 4) is 0 Å². The van der Waals surface area contributed by atoms with Crippen LogP contribution in [-0.2, 0) is 4.79 Å². The van der Waals surface area contributed by atoms with Crippen LogP contribution in [0, 0.1) is 0 Å². The minimum Gasteiger partial charge on any atom is -0.394 e. The highest BCUT2D eigenvalue weighted by molar-refractivity contribution is 5.76. The lowest BCUT2D eigenvalue weighted by Crippen LogP contribution is -2.45. The lowest BCUT2D eigenvalue weighted by Gasteiger charge is -2.19. The maximum Gasteiger partial charge on any atom is 0.220 e. The predicted molar refractivity (Wildman–Crippen MR) is 225 cm³/mol. The molecule has 0 bridgehead atoms. The number of hydrogen-bond donors (Lipinski definition) is 3. The van der Waals surface area contributed by atoms with Gasteiger partial charge in [-0.25, -0.2) is 0 Å². The molecule has 0 radical (unpaired) electrons. The number of carbonyl (C=O) groups is 1. The van der Waals surface area contributed by atoms with Crippen molar-refractivity contribution in [1.82, 2.24) is 5.32 Å². The van der Waals surface area contributed by atoms with Crippen LogP contribution in [0.1, 0.15) is 239 Å². The minimum absolute atomic E-state index is 0.0754. The van der Waals surface area contributed by atoms with Crippen LogP contribution >= 0.6 is 0 Å². The minimum atomic E-state index is -0.867. The molecular formula is C47H89NO3. The molecule has 300 valence electrons. The van der Waals surface area contributed by atoms with Crippen LogP contribution in [0.25, 0.3) is 0 Å². The number of carbonyl (C=O) groups excluding carboxylic acids is 1. The summed E-state index contributed by atoms with van der Waals surface area (Å²) in [5.41, 5.74) is 0. The van der Waals surface area contributed by atoms with E-state index in [1.54, 1.807) is 6.08 Å². The number of aliphatic hydroxyl groups excluding tert-OH is 2. The average molecular weight is 716 g/mol. The summed E-state index contributed by atoms with van der Waals surface area (Å²) in [4.78, 5) is 12.4. The topological polar surface area (TPSA) is 69.6 Å². The number of aliphatic hydroxyl groups is 2. The zero-order valence-electron chi connectivity index (χ0n) is 34.4. The van der Waals surface area contributed by atoms with Gasteiger partial charge in [0.1, 0.15) is 0 Å². The Hall–Kier alpha value is -1.39. The third kappa shape index (κ3) is 39.6. The molecule has 0 aliphatic rings. The van der Waals surface area contributed by atoms with Gasteiger partial charge in [0.15, 0.2) is 0 Å². The van der Waals surface area contributed by atoms with E-state index in [1.807, 2.05) is 6.08 Å². The second-order valence-electron chi connectivity index (χ2n) is 15.5. The number of rotatable bonds is 41. The van der Waals surface area contributed by atoms with Crippen molar-refractivity contribution in [3.63, 3.8) is 0 Å². The van der Waals surface area contributed by atoms with Gasteiger partial charge in [-0.15, -0.1) is 0 Å². The standard InChI is InChI=1S/C47H89NO3/c1-3-5-7-9-11-13-15-17-19-21-22-23-24-25-27-28-30-32-34-36-38-40-42-46(50)45(44-49)48-47(51)43-41-39-37-35-33-31-29-26-20-18-16-14-12-10-8-6-4-2/h25,27,32,34,40,42,45-46,49-50H,3-24,26,28-31,33,35-39,41,43-44H2,1-2H3,(H,48,51)/b27-25+,34-32+,42-40+. The van der Waals surface area contributed by atoms with E-state index in [0.29, 0.717) is 6.42 Å². The van der Waals surface area contributed by atoms with Gasteiger partial charge in [-0.2, -0.15) is 0 Å². The molecule has 0 fully saturated rings. The molecule has 0 aromatic rings. The largest absolute Gasteiger partial charge is 0.394 e. The van der Waals surface area contributed by atoms with E-state index in [4.69, 9.17) is 0 Å². The molecule has 0 spiro atoms. The van der Waals surface area contributed by atoms with Gasteiger partial charge in [0.05, 0.1) is 18.8 Å². The number of unbranched alkanes of at least 4 members (excludes halogenated alkanes) is 30. The van der Waals surface area contributed by atoms with E-state index in [9.17, 15) is 15.0 Å². The first kappa shape index (κ1) is 49.6. The quantitative estimate of drug-likeness (QED) is 0.0436. The van der Waals surface area contributed by atoms with Gasteiger partial charge in [0, 0.05) is 6.42 Å². The van der Waals surface area contributed by atoms with Gasteiger partial charge in [0.2, 0.25) is 5.91 Å². The Morgan fingerprint density at radius 2 is 0.765 bits per heavy atom. The monoisotopic (exact) mass is 716 g/mol. The van der Waals surface area contributed by atoms with Crippen molar-refractivity contribution in [2.75, 3.05) is 6.61 Å². The fourth-order valence-corrected chi connectivity index (χ4v) is 6.86. The molecule has 0 aliphatic carbocycles. The number of allylic oxidation sites excluding steroid dienone is 5. The van der Waals surface area contributed by atoms with E-state index >= 15 is 0 Å². The molecule has 1 amide bonds. The number of amides is 1. The van der Waals surface area contributed by atoms with Crippen LogP contribution in [0.3, 0.4) is 0 Å². The Morgan fingerprint density at radius 1 is 0.451 bits per heavy atom. The molecule has 0 saturated heterocycles. The first-order valence-electron chi connectivity index (χ1n) is 22.7. The maximum atomic E-state index is 12.4. The van der Waals surface area contributed by atoms with Crippen LogP contribution in [0.15, 0.2) is 36.5 Å². The van der Waals surface area contributed by atoms with E-state index < -0.39 is 12.1 Å². The molecule has 0 saturated carbocycles. The number of nitrogens with one attached hydrogen (secondary N) is 1. The van der Waals surface area contributed by atoms with Gasteiger partial charge in [0.25, 0.3) is 0 Å². The Bertz CT molecular complexity index is 775. The third-order valence-electron chi connectivity index (χ3n) is 10.4. The molecular weight excluding hydrogens is 627 g/mol. The summed E-state index contributed by atoms with van der Waals surface area (Å²) in [7, 11) is 0. The summed E-state index contributed by atoms with van der Waals surface area (Å²) in [5.74, 6) is -0.0754. The van der Waals surface area contributed by atoms with Crippen molar-refractivity contribution >= 4 is 5.91 Å². The Morgan fingerprint density at radius 3 is 1.14 bits per heavy atom. The van der Waals surface area contributed by atoms with E-state index in [1.165, 1.54) is 180 Å². The van der Waals surface area contributed by atoms with Gasteiger partial charge < -0.3 is 15.5 Å². The fraction of sp³-hybridized carbons (Fsp3) is 0.851. The molecule has 2 unspecified atom stereocenters. The normalized spacial score (nSPS) is 13.3. The van der Waals surface area contributed by atoms with E-state index in [0.717, 1.165) is 38.5 Å². The first-order chi connectivity index (χ1) is 25.2. The molecule has 0 aromatic carbocycles. The summed E-state index contributed by atoms with van der Waals surface area (Å²) in [6, 6.07) is -0.642. The smallest absolute Gasteiger partial charge is 0.220 e. The zero-order chi connectivity index (χ0) is 37.1. The van der Waals surface area contributed by atoms with Gasteiger partial charge in [-0.1, -0.05) is 224 Å². The van der Waals surface area contributed by atoms with Gasteiger partial charge >= 0.3 is 0 Å². The second kappa shape index (κ2) is 43.0. The fourth-order valence-electron chi connectivity index (χ4n) is 6.86.